The van der Waals surface area contributed by atoms with E-state index < -0.39 is 5.97 Å². The molecule has 32 valence electrons. The number of rotatable bonds is 1. The molecule has 0 atom stereocenters. The van der Waals surface area contributed by atoms with Crippen molar-refractivity contribution >= 4 is 12.3 Å². The fraction of sp³-hybridized carbons (Fsp3) is 0. The largest absolute Gasteiger partial charge is 0.531 e. The molecule has 0 aliphatic rings. The summed E-state index contributed by atoms with van der Waals surface area (Å²) in [6.07, 6.45) is 0.694. The predicted octanol–water partition coefficient (Wildman–Crippen LogP) is -0.822. The van der Waals surface area contributed by atoms with Crippen LogP contribution in [-0.4, -0.2) is 17.4 Å². The van der Waals surface area contributed by atoms with Gasteiger partial charge in [-0.25, -0.2) is 0 Å². The molecule has 4 heteroatoms. The van der Waals surface area contributed by atoms with E-state index in [4.69, 9.17) is 14.7 Å². The summed E-state index contributed by atoms with van der Waals surface area (Å²) >= 11 is 0. The van der Waals surface area contributed by atoms with Gasteiger partial charge in [0.25, 0.3) is 0 Å². The standard InChI is InChI=1S/C2HO3.Zr/c3-1-2(4)5;/h(H,4,5);/q-1;. The van der Waals surface area contributed by atoms with Gasteiger partial charge in [-0.15, -0.1) is 0 Å². The van der Waals surface area contributed by atoms with Gasteiger partial charge < -0.3 is 9.90 Å². The molecule has 0 spiro atoms. The van der Waals surface area contributed by atoms with Crippen LogP contribution >= 0.6 is 0 Å². The van der Waals surface area contributed by atoms with E-state index in [0.717, 1.165) is 0 Å². The molecule has 0 aliphatic carbocycles. The van der Waals surface area contributed by atoms with E-state index in [1.54, 1.807) is 0 Å². The summed E-state index contributed by atoms with van der Waals surface area (Å²) in [5.41, 5.74) is 0. The Hall–Kier alpha value is 0.0231. The van der Waals surface area contributed by atoms with E-state index in [9.17, 15) is 0 Å². The molecular weight excluding hydrogens is 163 g/mol. The molecule has 0 unspecified atom stereocenters. The zero-order valence-electron chi connectivity index (χ0n) is 2.76. The smallest absolute Gasteiger partial charge is 0.180 e. The minimum atomic E-state index is -1.55. The van der Waals surface area contributed by atoms with Gasteiger partial charge >= 0.3 is 0 Å². The molecule has 0 fully saturated rings. The summed E-state index contributed by atoms with van der Waals surface area (Å²) in [5.74, 6) is -1.55. The van der Waals surface area contributed by atoms with Crippen LogP contribution in [0.15, 0.2) is 0 Å². The Morgan fingerprint density at radius 3 is 1.83 bits per heavy atom. The number of carboxylic acids is 1. The first kappa shape index (κ1) is 9.39. The molecule has 0 heterocycles. The minimum Gasteiger partial charge on any atom is -0.531 e. The Kier molecular flexibility index (Phi) is 7.86. The van der Waals surface area contributed by atoms with Crippen molar-refractivity contribution in [3.05, 3.63) is 0 Å². The topological polar surface area (TPSA) is 54.4 Å². The maximum atomic E-state index is 8.94. The van der Waals surface area contributed by atoms with E-state index in [0.29, 0.717) is 6.29 Å². The molecule has 0 saturated heterocycles. The monoisotopic (exact) mass is 163 g/mol. The van der Waals surface area contributed by atoms with Crippen molar-refractivity contribution < 1.29 is 40.9 Å². The molecule has 6 heavy (non-hydrogen) atoms. The van der Waals surface area contributed by atoms with Gasteiger partial charge in [-0.1, -0.05) is 0 Å². The third kappa shape index (κ3) is 8.98. The summed E-state index contributed by atoms with van der Waals surface area (Å²) in [7, 11) is 0. The summed E-state index contributed by atoms with van der Waals surface area (Å²) in [6.45, 7) is 0. The molecule has 0 bridgehead atoms. The second-order valence-corrected chi connectivity index (χ2v) is 0.407. The van der Waals surface area contributed by atoms with Crippen LogP contribution in [0.25, 0.3) is 0 Å². The second kappa shape index (κ2) is 5.02. The summed E-state index contributed by atoms with van der Waals surface area (Å²) in [4.78, 5) is 17.7. The van der Waals surface area contributed by atoms with Gasteiger partial charge in [-0.2, -0.15) is 6.29 Å². The fourth-order valence-electron chi connectivity index (χ4n) is 0. The quantitative estimate of drug-likeness (QED) is 0.407. The van der Waals surface area contributed by atoms with Crippen LogP contribution in [0.1, 0.15) is 0 Å². The van der Waals surface area contributed by atoms with Crippen molar-refractivity contribution in [3.63, 3.8) is 0 Å². The van der Waals surface area contributed by atoms with Crippen molar-refractivity contribution in [2.24, 2.45) is 0 Å². The first-order valence-corrected chi connectivity index (χ1v) is 0.882. The Morgan fingerprint density at radius 2 is 1.83 bits per heavy atom. The van der Waals surface area contributed by atoms with Crippen molar-refractivity contribution in [1.82, 2.24) is 0 Å². The van der Waals surface area contributed by atoms with Gasteiger partial charge in [0.2, 0.25) is 0 Å². The van der Waals surface area contributed by atoms with Gasteiger partial charge in [0.05, 0.1) is 0 Å². The van der Waals surface area contributed by atoms with Crippen LogP contribution in [0, 0.1) is 0 Å². The maximum absolute atomic E-state index is 8.94. The number of hydrogen-bond donors (Lipinski definition) is 1. The molecule has 1 N–H and O–H groups in total. The van der Waals surface area contributed by atoms with Crippen molar-refractivity contribution in [2.45, 2.75) is 0 Å². The Morgan fingerprint density at radius 1 is 1.67 bits per heavy atom. The van der Waals surface area contributed by atoms with Crippen molar-refractivity contribution in [1.29, 1.82) is 0 Å². The van der Waals surface area contributed by atoms with Gasteiger partial charge in [0.15, 0.2) is 5.97 Å². The van der Waals surface area contributed by atoms with Crippen molar-refractivity contribution in [3.8, 4) is 0 Å². The third-order valence-corrected chi connectivity index (χ3v) is 0.0873. The van der Waals surface area contributed by atoms with Crippen LogP contribution in [-0.2, 0) is 35.8 Å². The summed E-state index contributed by atoms with van der Waals surface area (Å²) < 4.78 is 0. The van der Waals surface area contributed by atoms with Crippen LogP contribution in [0.2, 0.25) is 0 Å². The van der Waals surface area contributed by atoms with E-state index in [-0.39, 0.29) is 26.2 Å². The summed E-state index contributed by atoms with van der Waals surface area (Å²) in [6, 6.07) is 0. The zero-order chi connectivity index (χ0) is 4.28. The first-order valence-electron chi connectivity index (χ1n) is 0.882. The van der Waals surface area contributed by atoms with Crippen LogP contribution in [0.4, 0.5) is 0 Å². The fourth-order valence-corrected chi connectivity index (χ4v) is 0. The minimum absolute atomic E-state index is 0. The third-order valence-electron chi connectivity index (χ3n) is 0.0873. The molecule has 0 saturated carbocycles. The molecular formula is C2HO3Zr-. The predicted molar refractivity (Wildman–Crippen MR) is 13.3 cm³/mol. The molecule has 0 rings (SSSR count). The number of aliphatic carboxylic acids is 1. The average Bonchev–Trinajstić information content (AvgIpc) is 1.38. The number of carbonyl (C=O) groups excluding carboxylic acids is 1. The molecule has 0 amide bonds. The van der Waals surface area contributed by atoms with Crippen LogP contribution < -0.4 is 0 Å². The van der Waals surface area contributed by atoms with E-state index in [1.807, 2.05) is 0 Å². The Labute approximate surface area is 53.5 Å². The number of carbonyl (C=O) groups is 1. The number of hydrogen-bond acceptors (Lipinski definition) is 2. The van der Waals surface area contributed by atoms with Gasteiger partial charge in [0.1, 0.15) is 0 Å². The van der Waals surface area contributed by atoms with Gasteiger partial charge in [-0.3, -0.25) is 4.79 Å². The zero-order valence-corrected chi connectivity index (χ0v) is 5.22. The van der Waals surface area contributed by atoms with Gasteiger partial charge in [0, 0.05) is 26.2 Å². The van der Waals surface area contributed by atoms with Crippen molar-refractivity contribution in [2.75, 3.05) is 0 Å². The average molecular weight is 164 g/mol. The molecule has 0 aliphatic heterocycles. The molecule has 0 aromatic rings. The molecule has 3 nitrogen and oxygen atoms in total. The van der Waals surface area contributed by atoms with E-state index in [1.165, 1.54) is 0 Å². The number of carboxylic acid groups (broad SMARTS) is 1. The van der Waals surface area contributed by atoms with Gasteiger partial charge in [-0.05, 0) is 0 Å². The SMILES string of the molecule is O=[C-]C(=O)O.[Zr]. The molecule has 0 aromatic carbocycles. The Bertz CT molecular complexity index is 59.8. The normalized spacial score (nSPS) is 5.33. The van der Waals surface area contributed by atoms with Crippen LogP contribution in [0.5, 0.6) is 0 Å². The summed E-state index contributed by atoms with van der Waals surface area (Å²) in [5, 5.41) is 7.30. The van der Waals surface area contributed by atoms with Crippen LogP contribution in [0.3, 0.4) is 0 Å². The van der Waals surface area contributed by atoms with E-state index in [2.05, 4.69) is 0 Å². The maximum Gasteiger partial charge on any atom is 0.180 e. The second-order valence-electron chi connectivity index (χ2n) is 0.407. The molecule has 0 radical (unpaired) electrons. The first-order chi connectivity index (χ1) is 2.27. The van der Waals surface area contributed by atoms with E-state index >= 15 is 0 Å². The Balaban J connectivity index is 0. The molecule has 0 aromatic heterocycles.